The van der Waals surface area contributed by atoms with E-state index in [9.17, 15) is 13.8 Å². The molecule has 0 aromatic rings. The molecule has 0 amide bonds. The normalized spacial score (nSPS) is 17.3. The lowest BCUT2D eigenvalue weighted by Crippen LogP contribution is -2.35. The van der Waals surface area contributed by atoms with Crippen LogP contribution >= 0.6 is 7.37 Å². The molecule has 0 aliphatic rings. The van der Waals surface area contributed by atoms with Crippen molar-refractivity contribution in [3.05, 3.63) is 0 Å². The van der Waals surface area contributed by atoms with E-state index in [1.165, 1.54) is 6.92 Å². The van der Waals surface area contributed by atoms with Gasteiger partial charge >= 0.3 is 5.97 Å². The van der Waals surface area contributed by atoms with Crippen LogP contribution in [0.2, 0.25) is 0 Å². The minimum atomic E-state index is -3.71. The standard InChI is InChI=1S/C13H26FO6P/c1-6-17-12(15)11(14)10(5)21(16,20-9-4)13(18-7-2)19-8-3/h10-11,13H,6-9H2,1-5H3. The summed E-state index contributed by atoms with van der Waals surface area (Å²) in [5.74, 6) is -1.06. The molecular weight excluding hydrogens is 302 g/mol. The van der Waals surface area contributed by atoms with Crippen LogP contribution in [0.3, 0.4) is 0 Å². The second-order valence-corrected chi connectivity index (χ2v) is 6.96. The molecule has 0 fully saturated rings. The van der Waals surface area contributed by atoms with Crippen molar-refractivity contribution in [1.29, 1.82) is 0 Å². The van der Waals surface area contributed by atoms with Crippen LogP contribution in [-0.2, 0) is 28.1 Å². The van der Waals surface area contributed by atoms with Gasteiger partial charge in [0.15, 0.2) is 0 Å². The van der Waals surface area contributed by atoms with Crippen LogP contribution < -0.4 is 0 Å². The minimum Gasteiger partial charge on any atom is -0.464 e. The highest BCUT2D eigenvalue weighted by atomic mass is 31.2. The summed E-state index contributed by atoms with van der Waals surface area (Å²) in [4.78, 5) is 11.5. The third kappa shape index (κ3) is 5.66. The number of hydrogen-bond donors (Lipinski definition) is 0. The Morgan fingerprint density at radius 3 is 1.95 bits per heavy atom. The van der Waals surface area contributed by atoms with Crippen molar-refractivity contribution < 1.29 is 32.5 Å². The summed E-state index contributed by atoms with van der Waals surface area (Å²) in [6, 6.07) is -1.20. The van der Waals surface area contributed by atoms with Gasteiger partial charge in [0.25, 0.3) is 7.37 Å². The van der Waals surface area contributed by atoms with Crippen molar-refractivity contribution >= 4 is 13.3 Å². The quantitative estimate of drug-likeness (QED) is 0.330. The van der Waals surface area contributed by atoms with Gasteiger partial charge in [-0.2, -0.15) is 0 Å². The molecule has 0 spiro atoms. The van der Waals surface area contributed by atoms with Gasteiger partial charge in [-0.15, -0.1) is 0 Å². The minimum absolute atomic E-state index is 0.0469. The first-order chi connectivity index (χ1) is 9.88. The number of hydrogen-bond acceptors (Lipinski definition) is 6. The Hall–Kier alpha value is -0.490. The molecule has 8 heteroatoms. The van der Waals surface area contributed by atoms with Crippen molar-refractivity contribution in [3.63, 3.8) is 0 Å². The zero-order valence-electron chi connectivity index (χ0n) is 13.3. The zero-order valence-corrected chi connectivity index (χ0v) is 14.2. The average Bonchev–Trinajstić information content (AvgIpc) is 2.45. The van der Waals surface area contributed by atoms with Crippen LogP contribution in [0.25, 0.3) is 0 Å². The molecule has 0 aliphatic heterocycles. The number of ether oxygens (including phenoxy) is 3. The molecule has 0 saturated heterocycles. The maximum Gasteiger partial charge on any atom is 0.341 e. The van der Waals surface area contributed by atoms with Crippen LogP contribution in [0.1, 0.15) is 34.6 Å². The van der Waals surface area contributed by atoms with E-state index in [0.29, 0.717) is 0 Å². The number of rotatable bonds is 11. The molecule has 0 radical (unpaired) electrons. The highest BCUT2D eigenvalue weighted by Crippen LogP contribution is 2.58. The Bertz CT molecular complexity index is 346. The third-order valence-electron chi connectivity index (χ3n) is 2.75. The number of carbonyl (C=O) groups excluding carboxylic acids is 1. The van der Waals surface area contributed by atoms with Gasteiger partial charge in [0.1, 0.15) is 0 Å². The summed E-state index contributed by atoms with van der Waals surface area (Å²) >= 11 is 0. The third-order valence-corrected chi connectivity index (χ3v) is 5.69. The van der Waals surface area contributed by atoms with E-state index in [0.717, 1.165) is 0 Å². The monoisotopic (exact) mass is 328 g/mol. The summed E-state index contributed by atoms with van der Waals surface area (Å²) in [6.45, 7) is 8.53. The molecular formula is C13H26FO6P. The molecule has 0 saturated carbocycles. The van der Waals surface area contributed by atoms with Crippen LogP contribution in [-0.4, -0.2) is 50.3 Å². The fourth-order valence-corrected chi connectivity index (χ4v) is 4.06. The van der Waals surface area contributed by atoms with E-state index in [2.05, 4.69) is 4.74 Å². The van der Waals surface area contributed by atoms with Crippen molar-refractivity contribution in [2.45, 2.75) is 52.5 Å². The van der Waals surface area contributed by atoms with Gasteiger partial charge in [-0.25, -0.2) is 9.18 Å². The summed E-state index contributed by atoms with van der Waals surface area (Å²) in [5.41, 5.74) is -1.22. The van der Waals surface area contributed by atoms with Gasteiger partial charge in [-0.1, -0.05) is 0 Å². The van der Waals surface area contributed by atoms with Crippen LogP contribution in [0.5, 0.6) is 0 Å². The predicted octanol–water partition coefficient (Wildman–Crippen LogP) is 2.95. The van der Waals surface area contributed by atoms with E-state index in [1.807, 2.05) is 0 Å². The van der Waals surface area contributed by atoms with Gasteiger partial charge in [0.2, 0.25) is 12.2 Å². The SMILES string of the molecule is CCOC(=O)C(F)C(C)P(=O)(OCC)C(OCC)OCC. The van der Waals surface area contributed by atoms with E-state index in [4.69, 9.17) is 14.0 Å². The highest BCUT2D eigenvalue weighted by Gasteiger charge is 2.47. The summed E-state index contributed by atoms with van der Waals surface area (Å²) in [6.07, 6.45) is -2.06. The highest BCUT2D eigenvalue weighted by molar-refractivity contribution is 7.60. The smallest absolute Gasteiger partial charge is 0.341 e. The fraction of sp³-hybridized carbons (Fsp3) is 0.923. The molecule has 21 heavy (non-hydrogen) atoms. The van der Waals surface area contributed by atoms with Crippen LogP contribution in [0.15, 0.2) is 0 Å². The van der Waals surface area contributed by atoms with Crippen LogP contribution in [0, 0.1) is 0 Å². The molecule has 126 valence electrons. The molecule has 0 aromatic carbocycles. The lowest BCUT2D eigenvalue weighted by molar-refractivity contribution is -0.149. The average molecular weight is 328 g/mol. The van der Waals surface area contributed by atoms with E-state index in [-0.39, 0.29) is 26.4 Å². The molecule has 0 heterocycles. The van der Waals surface area contributed by atoms with E-state index >= 15 is 0 Å². The Labute approximate surface area is 125 Å². The second kappa shape index (κ2) is 10.3. The first-order valence-electron chi connectivity index (χ1n) is 7.16. The predicted molar refractivity (Wildman–Crippen MR) is 77.3 cm³/mol. The number of carbonyl (C=O) groups is 1. The largest absolute Gasteiger partial charge is 0.464 e. The van der Waals surface area contributed by atoms with Gasteiger partial charge in [-0.3, -0.25) is 4.57 Å². The molecule has 0 aromatic heterocycles. The number of alkyl halides is 1. The van der Waals surface area contributed by atoms with Gasteiger partial charge in [0, 0.05) is 13.2 Å². The Morgan fingerprint density at radius 2 is 1.57 bits per heavy atom. The molecule has 0 bridgehead atoms. The first-order valence-corrected chi connectivity index (χ1v) is 8.92. The Kier molecular flexibility index (Phi) is 10.0. The molecule has 3 atom stereocenters. The lowest BCUT2D eigenvalue weighted by atomic mass is 10.3. The topological polar surface area (TPSA) is 71.1 Å². The van der Waals surface area contributed by atoms with Gasteiger partial charge in [0.05, 0.1) is 18.9 Å². The molecule has 6 nitrogen and oxygen atoms in total. The summed E-state index contributed by atoms with van der Waals surface area (Å²) in [7, 11) is -3.71. The maximum atomic E-state index is 14.2. The van der Waals surface area contributed by atoms with Gasteiger partial charge < -0.3 is 18.7 Å². The Balaban J connectivity index is 5.30. The van der Waals surface area contributed by atoms with Crippen molar-refractivity contribution in [2.75, 3.05) is 26.4 Å². The lowest BCUT2D eigenvalue weighted by Gasteiger charge is -2.31. The molecule has 3 unspecified atom stereocenters. The van der Waals surface area contributed by atoms with Crippen LogP contribution in [0.4, 0.5) is 4.39 Å². The van der Waals surface area contributed by atoms with Crippen molar-refractivity contribution in [3.8, 4) is 0 Å². The number of halogens is 1. The van der Waals surface area contributed by atoms with Gasteiger partial charge in [-0.05, 0) is 34.6 Å². The maximum absolute atomic E-state index is 14.2. The van der Waals surface area contributed by atoms with Crippen molar-refractivity contribution in [2.24, 2.45) is 0 Å². The zero-order chi connectivity index (χ0) is 16.5. The molecule has 0 aliphatic carbocycles. The molecule has 0 N–H and O–H groups in total. The van der Waals surface area contributed by atoms with E-state index < -0.39 is 31.2 Å². The summed E-state index contributed by atoms with van der Waals surface area (Å²) in [5, 5.41) is 0. The van der Waals surface area contributed by atoms with E-state index in [1.54, 1.807) is 27.7 Å². The fourth-order valence-electron chi connectivity index (χ4n) is 1.71. The Morgan fingerprint density at radius 1 is 1.05 bits per heavy atom. The number of esters is 1. The van der Waals surface area contributed by atoms with Crippen molar-refractivity contribution in [1.82, 2.24) is 0 Å². The first kappa shape index (κ1) is 20.5. The molecule has 0 rings (SSSR count). The second-order valence-electron chi connectivity index (χ2n) is 4.18. The summed E-state index contributed by atoms with van der Waals surface area (Å²) < 4.78 is 47.7.